The number of anilines is 2. The molecule has 0 bridgehead atoms. The number of carboxylic acids is 1. The molecule has 0 fully saturated rings. The Balaban J connectivity index is 2.45. The highest BCUT2D eigenvalue weighted by Crippen LogP contribution is 2.31. The molecule has 0 aliphatic carbocycles. The van der Waals surface area contributed by atoms with E-state index in [1.165, 1.54) is 12.1 Å². The number of benzene rings is 2. The van der Waals surface area contributed by atoms with Crippen LogP contribution in [0.2, 0.25) is 5.02 Å². The number of nitrogens with one attached hydrogen (secondary N) is 1. The molecule has 2 N–H and O–H groups in total. The lowest BCUT2D eigenvalue weighted by Gasteiger charge is -2.09. The first-order chi connectivity index (χ1) is 9.88. The molecule has 0 aromatic heterocycles. The molecule has 21 heavy (non-hydrogen) atoms. The third-order valence-electron chi connectivity index (χ3n) is 2.64. The summed E-state index contributed by atoms with van der Waals surface area (Å²) in [5, 5.41) is 23.3. The van der Waals surface area contributed by atoms with E-state index < -0.39 is 10.9 Å². The van der Waals surface area contributed by atoms with E-state index in [0.29, 0.717) is 15.2 Å². The summed E-state index contributed by atoms with van der Waals surface area (Å²) < 4.78 is 0.617. The second-order valence-electron chi connectivity index (χ2n) is 4.05. The molecular weight excluding hydrogens is 364 g/mol. The number of hydrogen-bond donors (Lipinski definition) is 2. The molecule has 0 spiro atoms. The minimum Gasteiger partial charge on any atom is -0.478 e. The van der Waals surface area contributed by atoms with Crippen LogP contribution >= 0.6 is 27.5 Å². The van der Waals surface area contributed by atoms with Crippen molar-refractivity contribution in [1.82, 2.24) is 0 Å². The highest BCUT2D eigenvalue weighted by molar-refractivity contribution is 9.10. The monoisotopic (exact) mass is 370 g/mol. The molecule has 8 heteroatoms. The predicted octanol–water partition coefficient (Wildman–Crippen LogP) is 4.45. The largest absolute Gasteiger partial charge is 0.478 e. The third kappa shape index (κ3) is 3.50. The van der Waals surface area contributed by atoms with Gasteiger partial charge in [0, 0.05) is 16.2 Å². The van der Waals surface area contributed by atoms with Crippen LogP contribution < -0.4 is 5.32 Å². The number of hydrogen-bond acceptors (Lipinski definition) is 4. The lowest BCUT2D eigenvalue weighted by molar-refractivity contribution is -0.383. The van der Waals surface area contributed by atoms with Crippen molar-refractivity contribution >= 4 is 50.6 Å². The van der Waals surface area contributed by atoms with E-state index >= 15 is 0 Å². The molecule has 0 atom stereocenters. The molecule has 0 aliphatic rings. The van der Waals surface area contributed by atoms with Gasteiger partial charge in [-0.15, -0.1) is 0 Å². The van der Waals surface area contributed by atoms with E-state index in [1.807, 2.05) is 0 Å². The molecule has 0 aliphatic heterocycles. The second-order valence-corrected chi connectivity index (χ2v) is 5.31. The summed E-state index contributed by atoms with van der Waals surface area (Å²) in [6.07, 6.45) is 0. The van der Waals surface area contributed by atoms with Crippen LogP contribution in [0, 0.1) is 10.1 Å². The van der Waals surface area contributed by atoms with Gasteiger partial charge in [-0.3, -0.25) is 10.1 Å². The molecule has 0 amide bonds. The zero-order valence-electron chi connectivity index (χ0n) is 10.3. The minimum absolute atomic E-state index is 0.0453. The highest BCUT2D eigenvalue weighted by Gasteiger charge is 2.17. The molecule has 2 rings (SSSR count). The fourth-order valence-corrected chi connectivity index (χ4v) is 2.15. The summed E-state index contributed by atoms with van der Waals surface area (Å²) >= 11 is 9.12. The summed E-state index contributed by atoms with van der Waals surface area (Å²) in [6.45, 7) is 0. The van der Waals surface area contributed by atoms with Gasteiger partial charge in [-0.2, -0.15) is 0 Å². The fourth-order valence-electron chi connectivity index (χ4n) is 1.66. The molecule has 0 heterocycles. The van der Waals surface area contributed by atoms with Gasteiger partial charge in [0.2, 0.25) is 0 Å². The van der Waals surface area contributed by atoms with Crippen LogP contribution in [0.25, 0.3) is 0 Å². The Kier molecular flexibility index (Phi) is 4.44. The van der Waals surface area contributed by atoms with E-state index in [4.69, 9.17) is 16.7 Å². The van der Waals surface area contributed by atoms with Gasteiger partial charge in [-0.05, 0) is 46.3 Å². The summed E-state index contributed by atoms with van der Waals surface area (Å²) in [7, 11) is 0. The average molecular weight is 372 g/mol. The van der Waals surface area contributed by atoms with Crippen LogP contribution in [0.1, 0.15) is 10.4 Å². The standard InChI is InChI=1S/C13H8BrClN2O4/c14-9-6-8(2-3-10(9)15)16-11-5-7(13(18)19)1-4-12(11)17(20)21/h1-6,16H,(H,18,19). The van der Waals surface area contributed by atoms with Crippen LogP contribution in [-0.2, 0) is 0 Å². The van der Waals surface area contributed by atoms with Crippen LogP contribution in [-0.4, -0.2) is 16.0 Å². The van der Waals surface area contributed by atoms with Crippen molar-refractivity contribution in [2.45, 2.75) is 0 Å². The second kappa shape index (κ2) is 6.11. The fraction of sp³-hybridized carbons (Fsp3) is 0. The van der Waals surface area contributed by atoms with Crippen LogP contribution in [0.15, 0.2) is 40.9 Å². The lowest BCUT2D eigenvalue weighted by atomic mass is 10.1. The molecule has 0 saturated heterocycles. The van der Waals surface area contributed by atoms with Gasteiger partial charge in [0.05, 0.1) is 15.5 Å². The molecular formula is C13H8BrClN2O4. The van der Waals surface area contributed by atoms with Crippen molar-refractivity contribution in [2.24, 2.45) is 0 Å². The van der Waals surface area contributed by atoms with Gasteiger partial charge < -0.3 is 10.4 Å². The number of nitro groups is 1. The first-order valence-corrected chi connectivity index (χ1v) is 6.79. The van der Waals surface area contributed by atoms with Crippen LogP contribution in [0.3, 0.4) is 0 Å². The first kappa shape index (κ1) is 15.3. The number of nitro benzene ring substituents is 1. The maximum absolute atomic E-state index is 11.0. The maximum atomic E-state index is 11.0. The van der Waals surface area contributed by atoms with Crippen LogP contribution in [0.5, 0.6) is 0 Å². The van der Waals surface area contributed by atoms with Crippen LogP contribution in [0.4, 0.5) is 17.1 Å². The molecule has 0 saturated carbocycles. The zero-order valence-corrected chi connectivity index (χ0v) is 12.7. The van der Waals surface area contributed by atoms with E-state index in [1.54, 1.807) is 18.2 Å². The maximum Gasteiger partial charge on any atom is 0.335 e. The Hall–Kier alpha value is -2.12. The van der Waals surface area contributed by atoms with E-state index in [0.717, 1.165) is 6.07 Å². The summed E-state index contributed by atoms with van der Waals surface area (Å²) in [4.78, 5) is 21.4. The molecule has 108 valence electrons. The van der Waals surface area contributed by atoms with E-state index in [2.05, 4.69) is 21.2 Å². The van der Waals surface area contributed by atoms with Crippen molar-refractivity contribution < 1.29 is 14.8 Å². The Labute approximate surface area is 132 Å². The van der Waals surface area contributed by atoms with Gasteiger partial charge in [0.15, 0.2) is 0 Å². The van der Waals surface area contributed by atoms with Gasteiger partial charge in [0.25, 0.3) is 5.69 Å². The minimum atomic E-state index is -1.16. The van der Waals surface area contributed by atoms with Crippen molar-refractivity contribution in [1.29, 1.82) is 0 Å². The molecule has 0 radical (unpaired) electrons. The van der Waals surface area contributed by atoms with Gasteiger partial charge in [-0.1, -0.05) is 11.6 Å². The number of nitrogens with zero attached hydrogens (tertiary/aromatic N) is 1. The van der Waals surface area contributed by atoms with Gasteiger partial charge in [-0.25, -0.2) is 4.79 Å². The van der Waals surface area contributed by atoms with Crippen molar-refractivity contribution in [3.05, 3.63) is 61.6 Å². The number of rotatable bonds is 4. The van der Waals surface area contributed by atoms with Crippen molar-refractivity contribution in [3.63, 3.8) is 0 Å². The summed E-state index contributed by atoms with van der Waals surface area (Å²) in [6, 6.07) is 8.42. The molecule has 2 aromatic carbocycles. The zero-order chi connectivity index (χ0) is 15.6. The average Bonchev–Trinajstić information content (AvgIpc) is 2.42. The van der Waals surface area contributed by atoms with Crippen molar-refractivity contribution in [2.75, 3.05) is 5.32 Å². The first-order valence-electron chi connectivity index (χ1n) is 5.62. The van der Waals surface area contributed by atoms with Gasteiger partial charge in [0.1, 0.15) is 5.69 Å². The number of aromatic carboxylic acids is 1. The number of carboxylic acid groups (broad SMARTS) is 1. The Bertz CT molecular complexity index is 736. The van der Waals surface area contributed by atoms with E-state index in [-0.39, 0.29) is 16.9 Å². The number of halogens is 2. The van der Waals surface area contributed by atoms with E-state index in [9.17, 15) is 14.9 Å². The quantitative estimate of drug-likeness (QED) is 0.612. The topological polar surface area (TPSA) is 92.5 Å². The lowest BCUT2D eigenvalue weighted by Crippen LogP contribution is -2.01. The molecule has 6 nitrogen and oxygen atoms in total. The summed E-state index contributed by atoms with van der Waals surface area (Å²) in [5.41, 5.74) is 0.369. The Morgan fingerprint density at radius 2 is 2.00 bits per heavy atom. The third-order valence-corrected chi connectivity index (χ3v) is 3.85. The summed E-state index contributed by atoms with van der Waals surface area (Å²) in [5.74, 6) is -1.16. The molecule has 2 aromatic rings. The van der Waals surface area contributed by atoms with Gasteiger partial charge >= 0.3 is 5.97 Å². The highest BCUT2D eigenvalue weighted by atomic mass is 79.9. The SMILES string of the molecule is O=C(O)c1ccc([N+](=O)[O-])c(Nc2ccc(Cl)c(Br)c2)c1. The Morgan fingerprint density at radius 3 is 2.57 bits per heavy atom. The van der Waals surface area contributed by atoms with Crippen molar-refractivity contribution in [3.8, 4) is 0 Å². The molecule has 0 unspecified atom stereocenters. The normalized spacial score (nSPS) is 10.2. The number of carbonyl (C=O) groups is 1. The predicted molar refractivity (Wildman–Crippen MR) is 82.5 cm³/mol. The Morgan fingerprint density at radius 1 is 1.29 bits per heavy atom. The smallest absolute Gasteiger partial charge is 0.335 e.